The van der Waals surface area contributed by atoms with E-state index >= 15 is 0 Å². The molecule has 0 heterocycles. The van der Waals surface area contributed by atoms with E-state index in [1.807, 2.05) is 0 Å². The number of Topliss-reactive ketones (excluding diaryl/α,β-unsaturated/α-hetero) is 1. The van der Waals surface area contributed by atoms with Crippen molar-refractivity contribution in [1.82, 2.24) is 0 Å². The first kappa shape index (κ1) is 12.1. The number of rotatable bonds is 3. The molecular weight excluding hydrogens is 231 g/mol. The summed E-state index contributed by atoms with van der Waals surface area (Å²) in [7, 11) is 0. The molecule has 1 aromatic rings. The number of carbonyl (C=O) groups excluding carboxylic acids is 1. The summed E-state index contributed by atoms with van der Waals surface area (Å²) in [5.41, 5.74) is 0.474. The summed E-state index contributed by atoms with van der Waals surface area (Å²) in [5, 5.41) is 0.957. The molecule has 0 aromatic heterocycles. The molecule has 0 radical (unpaired) electrons. The predicted octanol–water partition coefficient (Wildman–Crippen LogP) is 3.98. The lowest BCUT2D eigenvalue weighted by molar-refractivity contribution is 0.0984. The van der Waals surface area contributed by atoms with Gasteiger partial charge in [0.15, 0.2) is 5.78 Å². The lowest BCUT2D eigenvalue weighted by Gasteiger charge is -2.02. The highest BCUT2D eigenvalue weighted by Crippen LogP contribution is 2.22. The van der Waals surface area contributed by atoms with Crippen LogP contribution in [0.15, 0.2) is 18.2 Å². The van der Waals surface area contributed by atoms with Crippen LogP contribution in [0.4, 0.5) is 0 Å². The fraction of sp³-hybridized carbons (Fsp3) is 0.250. The zero-order chi connectivity index (χ0) is 11.3. The Labute approximate surface area is 99.4 Å². The molecular formula is C12H10Cl2O. The number of ketones is 1. The average Bonchev–Trinajstić information content (AvgIpc) is 2.22. The molecule has 0 amide bonds. The van der Waals surface area contributed by atoms with Crippen LogP contribution in [0.5, 0.6) is 0 Å². The summed E-state index contributed by atoms with van der Waals surface area (Å²) in [6.07, 6.45) is 0.930. The zero-order valence-corrected chi connectivity index (χ0v) is 9.82. The van der Waals surface area contributed by atoms with Gasteiger partial charge in [-0.05, 0) is 25.1 Å². The van der Waals surface area contributed by atoms with E-state index in [0.717, 1.165) is 0 Å². The minimum absolute atomic E-state index is 0.0229. The van der Waals surface area contributed by atoms with Gasteiger partial charge in [0.2, 0.25) is 0 Å². The first-order chi connectivity index (χ1) is 7.15. The molecule has 3 heteroatoms. The van der Waals surface area contributed by atoms with Crippen LogP contribution in [0.25, 0.3) is 0 Å². The molecule has 0 aliphatic heterocycles. The molecule has 0 unspecified atom stereocenters. The molecule has 0 bridgehead atoms. The quantitative estimate of drug-likeness (QED) is 0.577. The first-order valence-corrected chi connectivity index (χ1v) is 5.28. The van der Waals surface area contributed by atoms with Gasteiger partial charge in [-0.15, -0.1) is 11.8 Å². The number of hydrogen-bond donors (Lipinski definition) is 0. The van der Waals surface area contributed by atoms with Crippen LogP contribution >= 0.6 is 23.2 Å². The van der Waals surface area contributed by atoms with E-state index in [1.165, 1.54) is 0 Å². The second-order valence-corrected chi connectivity index (χ2v) is 3.82. The Hall–Kier alpha value is -0.970. The van der Waals surface area contributed by atoms with Crippen LogP contribution in [0.3, 0.4) is 0 Å². The van der Waals surface area contributed by atoms with Gasteiger partial charge in [0, 0.05) is 23.4 Å². The fourth-order valence-corrected chi connectivity index (χ4v) is 1.54. The van der Waals surface area contributed by atoms with Crippen LogP contribution in [0, 0.1) is 11.8 Å². The summed E-state index contributed by atoms with van der Waals surface area (Å²) in [6, 6.07) is 4.88. The van der Waals surface area contributed by atoms with Crippen LogP contribution in [0.1, 0.15) is 30.1 Å². The molecule has 1 nitrogen and oxygen atoms in total. The van der Waals surface area contributed by atoms with Gasteiger partial charge in [0.25, 0.3) is 0 Å². The van der Waals surface area contributed by atoms with Crippen molar-refractivity contribution >= 4 is 29.0 Å². The van der Waals surface area contributed by atoms with Crippen molar-refractivity contribution in [2.45, 2.75) is 19.8 Å². The van der Waals surface area contributed by atoms with Crippen molar-refractivity contribution in [2.75, 3.05) is 0 Å². The molecule has 78 valence electrons. The lowest BCUT2D eigenvalue weighted by Crippen LogP contribution is -1.99. The van der Waals surface area contributed by atoms with Crippen LogP contribution in [-0.4, -0.2) is 5.78 Å². The number of benzene rings is 1. The number of carbonyl (C=O) groups is 1. The van der Waals surface area contributed by atoms with Crippen LogP contribution in [0.2, 0.25) is 10.0 Å². The predicted molar refractivity (Wildman–Crippen MR) is 63.5 cm³/mol. The highest BCUT2D eigenvalue weighted by Gasteiger charge is 2.09. The standard InChI is InChI=1S/C12H10Cl2O/c1-2-3-4-5-12(15)10-8-9(13)6-7-11(10)14/h6-8H,4-5H2,1H3. The Kier molecular flexibility index (Phi) is 4.68. The van der Waals surface area contributed by atoms with Gasteiger partial charge in [-0.25, -0.2) is 0 Å². The van der Waals surface area contributed by atoms with Gasteiger partial charge < -0.3 is 0 Å². The Morgan fingerprint density at radius 2 is 2.13 bits per heavy atom. The second-order valence-electron chi connectivity index (χ2n) is 2.97. The van der Waals surface area contributed by atoms with E-state index in [1.54, 1.807) is 25.1 Å². The van der Waals surface area contributed by atoms with Gasteiger partial charge in [-0.2, -0.15) is 0 Å². The van der Waals surface area contributed by atoms with Crippen molar-refractivity contribution in [2.24, 2.45) is 0 Å². The van der Waals surface area contributed by atoms with E-state index in [4.69, 9.17) is 23.2 Å². The van der Waals surface area contributed by atoms with Crippen molar-refractivity contribution in [1.29, 1.82) is 0 Å². The molecule has 0 saturated heterocycles. The maximum absolute atomic E-state index is 11.7. The lowest BCUT2D eigenvalue weighted by atomic mass is 10.1. The summed E-state index contributed by atoms with van der Waals surface area (Å²) in [6.45, 7) is 1.75. The molecule has 15 heavy (non-hydrogen) atoms. The molecule has 0 aliphatic rings. The highest BCUT2D eigenvalue weighted by atomic mass is 35.5. The van der Waals surface area contributed by atoms with E-state index in [0.29, 0.717) is 28.5 Å². The normalized spacial score (nSPS) is 9.27. The molecule has 0 atom stereocenters. The topological polar surface area (TPSA) is 17.1 Å². The summed E-state index contributed by atoms with van der Waals surface area (Å²) >= 11 is 11.7. The third-order valence-corrected chi connectivity index (χ3v) is 2.45. The van der Waals surface area contributed by atoms with Crippen LogP contribution in [-0.2, 0) is 0 Å². The molecule has 0 saturated carbocycles. The van der Waals surface area contributed by atoms with Gasteiger partial charge in [-0.1, -0.05) is 23.2 Å². The number of halogens is 2. The van der Waals surface area contributed by atoms with Gasteiger partial charge >= 0.3 is 0 Å². The number of hydrogen-bond acceptors (Lipinski definition) is 1. The smallest absolute Gasteiger partial charge is 0.165 e. The minimum atomic E-state index is -0.0229. The third-order valence-electron chi connectivity index (χ3n) is 1.88. The monoisotopic (exact) mass is 240 g/mol. The molecule has 1 rings (SSSR count). The first-order valence-electron chi connectivity index (χ1n) is 4.53. The van der Waals surface area contributed by atoms with Crippen molar-refractivity contribution in [3.8, 4) is 11.8 Å². The zero-order valence-electron chi connectivity index (χ0n) is 8.31. The average molecular weight is 241 g/mol. The van der Waals surface area contributed by atoms with Crippen molar-refractivity contribution in [3.05, 3.63) is 33.8 Å². The largest absolute Gasteiger partial charge is 0.294 e. The van der Waals surface area contributed by atoms with Gasteiger partial charge in [0.05, 0.1) is 5.02 Å². The maximum atomic E-state index is 11.7. The SMILES string of the molecule is CC#CCCC(=O)c1cc(Cl)ccc1Cl. The van der Waals surface area contributed by atoms with Gasteiger partial charge in [-0.3, -0.25) is 4.79 Å². The van der Waals surface area contributed by atoms with E-state index in [-0.39, 0.29) is 5.78 Å². The molecule has 0 fully saturated rings. The Bertz CT molecular complexity index is 427. The van der Waals surface area contributed by atoms with Crippen LogP contribution < -0.4 is 0 Å². The Morgan fingerprint density at radius 3 is 2.80 bits per heavy atom. The maximum Gasteiger partial charge on any atom is 0.165 e. The van der Waals surface area contributed by atoms with Crippen molar-refractivity contribution in [3.63, 3.8) is 0 Å². The Morgan fingerprint density at radius 1 is 1.40 bits per heavy atom. The minimum Gasteiger partial charge on any atom is -0.294 e. The third kappa shape index (κ3) is 3.58. The molecule has 0 spiro atoms. The molecule has 0 N–H and O–H groups in total. The van der Waals surface area contributed by atoms with Crippen molar-refractivity contribution < 1.29 is 4.79 Å². The van der Waals surface area contributed by atoms with Gasteiger partial charge in [0.1, 0.15) is 0 Å². The fourth-order valence-electron chi connectivity index (χ4n) is 1.15. The van der Waals surface area contributed by atoms with E-state index in [9.17, 15) is 4.79 Å². The molecule has 0 aliphatic carbocycles. The van der Waals surface area contributed by atoms with E-state index in [2.05, 4.69) is 11.8 Å². The van der Waals surface area contributed by atoms with E-state index < -0.39 is 0 Å². The summed E-state index contributed by atoms with van der Waals surface area (Å²) in [5.74, 6) is 5.55. The Balaban J connectivity index is 2.80. The summed E-state index contributed by atoms with van der Waals surface area (Å²) < 4.78 is 0. The summed E-state index contributed by atoms with van der Waals surface area (Å²) in [4.78, 5) is 11.7. The second kappa shape index (κ2) is 5.80. The highest BCUT2D eigenvalue weighted by molar-refractivity contribution is 6.35. The molecule has 1 aromatic carbocycles.